The molecule has 4 rings (SSSR count). The van der Waals surface area contributed by atoms with Gasteiger partial charge < -0.3 is 20.8 Å². The van der Waals surface area contributed by atoms with Crippen molar-refractivity contribution in [1.29, 1.82) is 0 Å². The first-order chi connectivity index (χ1) is 20.5. The van der Waals surface area contributed by atoms with Crippen molar-refractivity contribution in [1.82, 2.24) is 15.5 Å². The second-order valence-corrected chi connectivity index (χ2v) is 10.1. The highest BCUT2D eigenvalue weighted by atomic mass is 16.4. The maximum absolute atomic E-state index is 12.9. The molecule has 1 unspecified atom stereocenters. The lowest BCUT2D eigenvalue weighted by atomic mass is 9.94. The monoisotopic (exact) mass is 587 g/mol. The summed E-state index contributed by atoms with van der Waals surface area (Å²) in [5.74, 6) is -5.69. The summed E-state index contributed by atoms with van der Waals surface area (Å²) in [6, 6.07) is 16.0. The number of benzene rings is 3. The van der Waals surface area contributed by atoms with E-state index < -0.39 is 66.7 Å². The van der Waals surface area contributed by atoms with Gasteiger partial charge in [0, 0.05) is 35.8 Å². The van der Waals surface area contributed by atoms with Crippen LogP contribution in [-0.2, 0) is 30.4 Å². The Morgan fingerprint density at radius 2 is 1.33 bits per heavy atom. The number of carbonyl (C=O) groups excluding carboxylic acids is 6. The Morgan fingerprint density at radius 1 is 0.744 bits per heavy atom. The van der Waals surface area contributed by atoms with Crippen molar-refractivity contribution in [3.8, 4) is 5.75 Å². The zero-order valence-electron chi connectivity index (χ0n) is 23.0. The van der Waals surface area contributed by atoms with Crippen LogP contribution < -0.4 is 10.6 Å². The maximum atomic E-state index is 12.9. The molecule has 0 fully saturated rings. The normalized spacial score (nSPS) is 13.0. The summed E-state index contributed by atoms with van der Waals surface area (Å²) in [7, 11) is 0. The van der Waals surface area contributed by atoms with Crippen LogP contribution in [0, 0.1) is 5.92 Å². The highest BCUT2D eigenvalue weighted by Crippen LogP contribution is 2.29. The molecule has 1 aliphatic heterocycles. The molecule has 0 saturated carbocycles. The number of hydrogen-bond acceptors (Lipinski definition) is 8. The molecule has 4 N–H and O–H groups in total. The number of rotatable bonds is 14. The third-order valence-electron chi connectivity index (χ3n) is 7.00. The summed E-state index contributed by atoms with van der Waals surface area (Å²) < 4.78 is 0. The summed E-state index contributed by atoms with van der Waals surface area (Å²) in [6.45, 7) is -1.41. The number of hydrogen-bond donors (Lipinski definition) is 4. The van der Waals surface area contributed by atoms with Gasteiger partial charge in [-0.1, -0.05) is 36.4 Å². The predicted molar refractivity (Wildman–Crippen MR) is 152 cm³/mol. The van der Waals surface area contributed by atoms with E-state index in [1.807, 2.05) is 0 Å². The molecule has 0 bridgehead atoms. The Bertz CT molecular complexity index is 1560. The fourth-order valence-electron chi connectivity index (χ4n) is 4.76. The van der Waals surface area contributed by atoms with Crippen LogP contribution in [0.25, 0.3) is 10.8 Å². The third-order valence-corrected chi connectivity index (χ3v) is 7.00. The van der Waals surface area contributed by atoms with E-state index in [1.54, 1.807) is 48.5 Å². The second-order valence-electron chi connectivity index (χ2n) is 10.1. The number of nitrogens with one attached hydrogen (secondary N) is 2. The number of ketones is 2. The standard InChI is InChI=1S/C31H29N3O9/c35-21-9-7-18(8-10-21)13-20(31(42)43)14-23(37)16-32-26(38)12-11-22(36)15-33-27(39)17-34-29(40)24-5-1-3-19-4-2-6-25(28(19)24)30(34)41/h1-10,20,35H,11-17H2,(H,32,38)(H,33,39)(H,42,43). The van der Waals surface area contributed by atoms with E-state index >= 15 is 0 Å². The number of carboxylic acid groups (broad SMARTS) is 1. The van der Waals surface area contributed by atoms with Crippen molar-refractivity contribution < 1.29 is 43.8 Å². The Kier molecular flexibility index (Phi) is 9.61. The van der Waals surface area contributed by atoms with E-state index in [0.29, 0.717) is 22.1 Å². The van der Waals surface area contributed by atoms with Gasteiger partial charge in [0.2, 0.25) is 11.8 Å². The molecule has 43 heavy (non-hydrogen) atoms. The predicted octanol–water partition coefficient (Wildman–Crippen LogP) is 1.63. The number of phenols is 1. The average molecular weight is 588 g/mol. The van der Waals surface area contributed by atoms with E-state index in [9.17, 15) is 43.8 Å². The van der Waals surface area contributed by atoms with Crippen molar-refractivity contribution in [3.05, 3.63) is 77.4 Å². The quantitative estimate of drug-likeness (QED) is 0.203. The minimum absolute atomic E-state index is 0.0328. The fourth-order valence-corrected chi connectivity index (χ4v) is 4.76. The van der Waals surface area contributed by atoms with E-state index in [1.165, 1.54) is 12.1 Å². The van der Waals surface area contributed by atoms with Gasteiger partial charge in [0.05, 0.1) is 19.0 Å². The van der Waals surface area contributed by atoms with Crippen LogP contribution >= 0.6 is 0 Å². The topological polar surface area (TPSA) is 187 Å². The number of aliphatic carboxylic acids is 1. The van der Waals surface area contributed by atoms with Gasteiger partial charge >= 0.3 is 5.97 Å². The van der Waals surface area contributed by atoms with E-state index in [4.69, 9.17) is 0 Å². The lowest BCUT2D eigenvalue weighted by molar-refractivity contribution is -0.143. The number of amides is 4. The molecule has 1 aliphatic rings. The highest BCUT2D eigenvalue weighted by molar-refractivity contribution is 6.26. The van der Waals surface area contributed by atoms with Crippen LogP contribution in [0.3, 0.4) is 0 Å². The molecule has 1 atom stereocenters. The van der Waals surface area contributed by atoms with Crippen LogP contribution in [0.2, 0.25) is 0 Å². The summed E-state index contributed by atoms with van der Waals surface area (Å²) in [4.78, 5) is 87.3. The Morgan fingerprint density at radius 3 is 1.93 bits per heavy atom. The molecule has 1 heterocycles. The molecule has 0 radical (unpaired) electrons. The first kappa shape index (κ1) is 30.6. The Labute approximate surface area is 245 Å². The van der Waals surface area contributed by atoms with Gasteiger partial charge in [0.25, 0.3) is 11.8 Å². The van der Waals surface area contributed by atoms with Gasteiger partial charge in [-0.2, -0.15) is 0 Å². The summed E-state index contributed by atoms with van der Waals surface area (Å²) in [6.07, 6.45) is -0.749. The second kappa shape index (κ2) is 13.5. The van der Waals surface area contributed by atoms with Crippen LogP contribution in [0.5, 0.6) is 5.75 Å². The third kappa shape index (κ3) is 7.67. The van der Waals surface area contributed by atoms with Gasteiger partial charge in [-0.25, -0.2) is 0 Å². The van der Waals surface area contributed by atoms with Crippen molar-refractivity contribution in [2.24, 2.45) is 5.92 Å². The van der Waals surface area contributed by atoms with Crippen molar-refractivity contribution in [2.75, 3.05) is 19.6 Å². The maximum Gasteiger partial charge on any atom is 0.307 e. The highest BCUT2D eigenvalue weighted by Gasteiger charge is 2.33. The summed E-state index contributed by atoms with van der Waals surface area (Å²) in [5, 5.41) is 24.8. The van der Waals surface area contributed by atoms with E-state index in [-0.39, 0.29) is 31.4 Å². The summed E-state index contributed by atoms with van der Waals surface area (Å²) in [5.41, 5.74) is 1.23. The molecular formula is C31H29N3O9. The zero-order chi connectivity index (χ0) is 31.1. The van der Waals surface area contributed by atoms with Crippen molar-refractivity contribution in [2.45, 2.75) is 25.7 Å². The largest absolute Gasteiger partial charge is 0.508 e. The Hall–Kier alpha value is -5.39. The molecule has 3 aromatic carbocycles. The number of carbonyl (C=O) groups is 7. The number of phenolic OH excluding ortho intramolecular Hbond substituents is 1. The molecule has 0 saturated heterocycles. The molecule has 0 aromatic heterocycles. The van der Waals surface area contributed by atoms with E-state index in [0.717, 1.165) is 10.3 Å². The molecule has 12 nitrogen and oxygen atoms in total. The SMILES string of the molecule is O=C(CCC(=O)NCC(=O)CC(Cc1ccc(O)cc1)C(=O)O)CNC(=O)CN1C(=O)c2cccc3cccc(c23)C1=O. The minimum Gasteiger partial charge on any atom is -0.508 e. The van der Waals surface area contributed by atoms with Gasteiger partial charge in [0.15, 0.2) is 11.6 Å². The molecule has 4 amide bonds. The summed E-state index contributed by atoms with van der Waals surface area (Å²) >= 11 is 0. The molecular weight excluding hydrogens is 558 g/mol. The van der Waals surface area contributed by atoms with Crippen LogP contribution in [0.15, 0.2) is 60.7 Å². The molecule has 0 spiro atoms. The van der Waals surface area contributed by atoms with Crippen LogP contribution in [0.4, 0.5) is 0 Å². The number of aromatic hydroxyl groups is 1. The average Bonchev–Trinajstić information content (AvgIpc) is 2.99. The van der Waals surface area contributed by atoms with E-state index in [2.05, 4.69) is 10.6 Å². The van der Waals surface area contributed by atoms with Crippen molar-refractivity contribution in [3.63, 3.8) is 0 Å². The first-order valence-electron chi connectivity index (χ1n) is 13.5. The van der Waals surface area contributed by atoms with Crippen molar-refractivity contribution >= 4 is 51.9 Å². The number of nitrogens with zero attached hydrogens (tertiary/aromatic N) is 1. The number of Topliss-reactive ketones (excluding diaryl/α,β-unsaturated/α-hetero) is 2. The number of carboxylic acids is 1. The van der Waals surface area contributed by atoms with Gasteiger partial charge in [-0.3, -0.25) is 38.5 Å². The smallest absolute Gasteiger partial charge is 0.307 e. The lowest BCUT2D eigenvalue weighted by Gasteiger charge is -2.26. The minimum atomic E-state index is -1.17. The molecule has 0 aliphatic carbocycles. The van der Waals surface area contributed by atoms with Gasteiger partial charge in [-0.15, -0.1) is 0 Å². The molecule has 3 aromatic rings. The van der Waals surface area contributed by atoms with Crippen LogP contribution in [-0.4, -0.2) is 75.9 Å². The van der Waals surface area contributed by atoms with Crippen LogP contribution in [0.1, 0.15) is 45.5 Å². The Balaban J connectivity index is 1.17. The molecule has 222 valence electrons. The number of imide groups is 1. The lowest BCUT2D eigenvalue weighted by Crippen LogP contribution is -2.47. The first-order valence-corrected chi connectivity index (χ1v) is 13.5. The molecule has 12 heteroatoms. The van der Waals surface area contributed by atoms with Gasteiger partial charge in [-0.05, 0) is 41.6 Å². The van der Waals surface area contributed by atoms with Gasteiger partial charge in [0.1, 0.15) is 12.3 Å². The zero-order valence-corrected chi connectivity index (χ0v) is 23.0. The fraction of sp³-hybridized carbons (Fsp3) is 0.258.